The Labute approximate surface area is 183 Å². The molecule has 2 aromatic carbocycles. The molecule has 5 nitrogen and oxygen atoms in total. The highest BCUT2D eigenvalue weighted by Crippen LogP contribution is 2.60. The van der Waals surface area contributed by atoms with Crippen LogP contribution in [0.5, 0.6) is 5.75 Å². The van der Waals surface area contributed by atoms with Gasteiger partial charge >= 0.3 is 0 Å². The van der Waals surface area contributed by atoms with Crippen molar-refractivity contribution in [3.05, 3.63) is 54.1 Å². The number of ether oxygens (including phenoxy) is 1. The van der Waals surface area contributed by atoms with E-state index in [0.29, 0.717) is 16.8 Å². The lowest BCUT2D eigenvalue weighted by Gasteiger charge is -2.57. The second-order valence-corrected chi connectivity index (χ2v) is 9.82. The van der Waals surface area contributed by atoms with Crippen LogP contribution < -0.4 is 15.4 Å². The first-order valence-corrected chi connectivity index (χ1v) is 11.4. The van der Waals surface area contributed by atoms with E-state index in [1.54, 1.807) is 24.3 Å². The van der Waals surface area contributed by atoms with Crippen molar-refractivity contribution in [3.63, 3.8) is 0 Å². The molecule has 4 fully saturated rings. The minimum absolute atomic E-state index is 0.0375. The summed E-state index contributed by atoms with van der Waals surface area (Å²) in [6, 6.07) is 15.5. The number of carbonyl (C=O) groups is 2. The molecule has 0 saturated heterocycles. The Kier molecular flexibility index (Phi) is 5.20. The van der Waals surface area contributed by atoms with Gasteiger partial charge < -0.3 is 15.4 Å². The number of amides is 2. The van der Waals surface area contributed by atoms with Gasteiger partial charge in [0.2, 0.25) is 5.91 Å². The molecule has 0 unspecified atom stereocenters. The van der Waals surface area contributed by atoms with E-state index >= 15 is 0 Å². The predicted octanol–water partition coefficient (Wildman–Crippen LogP) is 5.13. The molecule has 4 aliphatic carbocycles. The quantitative estimate of drug-likeness (QED) is 0.683. The van der Waals surface area contributed by atoms with Gasteiger partial charge in [0.15, 0.2) is 6.61 Å². The molecule has 5 heteroatoms. The van der Waals surface area contributed by atoms with Gasteiger partial charge in [-0.3, -0.25) is 9.59 Å². The van der Waals surface area contributed by atoms with Crippen molar-refractivity contribution in [1.29, 1.82) is 0 Å². The summed E-state index contributed by atoms with van der Waals surface area (Å²) < 4.78 is 5.72. The smallest absolute Gasteiger partial charge is 0.262 e. The lowest BCUT2D eigenvalue weighted by Crippen LogP contribution is -2.48. The molecule has 4 aliphatic rings. The molecule has 4 saturated carbocycles. The molecule has 2 aromatic rings. The number of benzene rings is 2. The van der Waals surface area contributed by atoms with Gasteiger partial charge in [0.1, 0.15) is 5.75 Å². The van der Waals surface area contributed by atoms with Crippen molar-refractivity contribution in [2.75, 3.05) is 17.2 Å². The summed E-state index contributed by atoms with van der Waals surface area (Å²) >= 11 is 0. The van der Waals surface area contributed by atoms with Crippen LogP contribution in [0.1, 0.15) is 51.0 Å². The summed E-state index contributed by atoms with van der Waals surface area (Å²) in [5, 5.41) is 5.52. The normalized spacial score (nSPS) is 28.2. The average molecular weight is 419 g/mol. The van der Waals surface area contributed by atoms with Crippen molar-refractivity contribution in [3.8, 4) is 5.75 Å². The van der Waals surface area contributed by atoms with Crippen molar-refractivity contribution in [2.24, 2.45) is 17.8 Å². The van der Waals surface area contributed by atoms with Gasteiger partial charge in [0, 0.05) is 18.3 Å². The van der Waals surface area contributed by atoms with Gasteiger partial charge in [0.05, 0.1) is 0 Å². The molecule has 31 heavy (non-hydrogen) atoms. The first kappa shape index (κ1) is 20.1. The fourth-order valence-electron chi connectivity index (χ4n) is 6.56. The SMILES string of the molecule is CC(=O)Nc1ccc(NC(=O)COc2ccc(C34CC5CC(CC(C5)C3)C4)cc2)cc1. The van der Waals surface area contributed by atoms with Crippen LogP contribution in [0.3, 0.4) is 0 Å². The molecule has 0 heterocycles. The highest BCUT2D eigenvalue weighted by Gasteiger charge is 2.51. The van der Waals surface area contributed by atoms with Crippen molar-refractivity contribution in [1.82, 2.24) is 0 Å². The number of anilines is 2. The molecular weight excluding hydrogens is 388 g/mol. The fraction of sp³-hybridized carbons (Fsp3) is 0.462. The molecule has 4 bridgehead atoms. The number of hydrogen-bond acceptors (Lipinski definition) is 3. The zero-order chi connectivity index (χ0) is 21.4. The minimum Gasteiger partial charge on any atom is -0.484 e. The molecular formula is C26H30N2O3. The van der Waals surface area contributed by atoms with Crippen LogP contribution in [0.4, 0.5) is 11.4 Å². The van der Waals surface area contributed by atoms with E-state index in [1.165, 1.54) is 51.0 Å². The van der Waals surface area contributed by atoms with Gasteiger partial charge in [-0.25, -0.2) is 0 Å². The summed E-state index contributed by atoms with van der Waals surface area (Å²) in [5.41, 5.74) is 3.21. The molecule has 2 N–H and O–H groups in total. The molecule has 2 amide bonds. The van der Waals surface area contributed by atoms with Crippen LogP contribution in [-0.2, 0) is 15.0 Å². The van der Waals surface area contributed by atoms with Crippen molar-refractivity contribution >= 4 is 23.2 Å². The number of carbonyl (C=O) groups excluding carboxylic acids is 2. The molecule has 0 atom stereocenters. The zero-order valence-electron chi connectivity index (χ0n) is 18.0. The molecule has 0 spiro atoms. The second kappa shape index (κ2) is 8.03. The van der Waals surface area contributed by atoms with E-state index in [4.69, 9.17) is 4.74 Å². The summed E-state index contributed by atoms with van der Waals surface area (Å²) in [6.45, 7) is 1.42. The van der Waals surface area contributed by atoms with Crippen LogP contribution in [0.2, 0.25) is 0 Å². The van der Waals surface area contributed by atoms with Gasteiger partial charge in [-0.15, -0.1) is 0 Å². The van der Waals surface area contributed by atoms with E-state index in [9.17, 15) is 9.59 Å². The Hall–Kier alpha value is -2.82. The summed E-state index contributed by atoms with van der Waals surface area (Å²) in [7, 11) is 0. The topological polar surface area (TPSA) is 67.4 Å². The fourth-order valence-corrected chi connectivity index (χ4v) is 6.56. The highest BCUT2D eigenvalue weighted by atomic mass is 16.5. The molecule has 0 aliphatic heterocycles. The Bertz CT molecular complexity index is 930. The van der Waals surface area contributed by atoms with Gasteiger partial charge in [-0.05, 0) is 104 Å². The van der Waals surface area contributed by atoms with E-state index < -0.39 is 0 Å². The molecule has 0 radical (unpaired) electrons. The summed E-state index contributed by atoms with van der Waals surface area (Å²) in [5.74, 6) is 3.18. The monoisotopic (exact) mass is 418 g/mol. The van der Waals surface area contributed by atoms with Crippen LogP contribution in [0.25, 0.3) is 0 Å². The Morgan fingerprint density at radius 3 is 1.87 bits per heavy atom. The van der Waals surface area contributed by atoms with Crippen LogP contribution >= 0.6 is 0 Å². The lowest BCUT2D eigenvalue weighted by atomic mass is 9.48. The number of rotatable bonds is 6. The third kappa shape index (κ3) is 4.32. The molecule has 0 aromatic heterocycles. The van der Waals surface area contributed by atoms with Gasteiger partial charge in [-0.2, -0.15) is 0 Å². The Balaban J connectivity index is 1.15. The summed E-state index contributed by atoms with van der Waals surface area (Å²) in [6.07, 6.45) is 8.40. The van der Waals surface area contributed by atoms with Gasteiger partial charge in [-0.1, -0.05) is 12.1 Å². The maximum absolute atomic E-state index is 12.2. The Morgan fingerprint density at radius 1 is 0.839 bits per heavy atom. The van der Waals surface area contributed by atoms with Crippen LogP contribution in [0, 0.1) is 17.8 Å². The average Bonchev–Trinajstić information content (AvgIpc) is 2.73. The molecule has 6 rings (SSSR count). The third-order valence-corrected chi connectivity index (χ3v) is 7.36. The number of hydrogen-bond donors (Lipinski definition) is 2. The van der Waals surface area contributed by atoms with E-state index in [1.807, 2.05) is 12.1 Å². The van der Waals surface area contributed by atoms with Gasteiger partial charge in [0.25, 0.3) is 5.91 Å². The lowest BCUT2D eigenvalue weighted by molar-refractivity contribution is -0.118. The highest BCUT2D eigenvalue weighted by molar-refractivity contribution is 5.93. The maximum atomic E-state index is 12.2. The van der Waals surface area contributed by atoms with Crippen LogP contribution in [-0.4, -0.2) is 18.4 Å². The molecule has 162 valence electrons. The first-order chi connectivity index (χ1) is 15.0. The summed E-state index contributed by atoms with van der Waals surface area (Å²) in [4.78, 5) is 23.3. The predicted molar refractivity (Wildman–Crippen MR) is 121 cm³/mol. The largest absolute Gasteiger partial charge is 0.484 e. The minimum atomic E-state index is -0.211. The van der Waals surface area contributed by atoms with E-state index in [0.717, 1.165) is 23.5 Å². The van der Waals surface area contributed by atoms with E-state index in [2.05, 4.69) is 22.8 Å². The zero-order valence-corrected chi connectivity index (χ0v) is 18.0. The maximum Gasteiger partial charge on any atom is 0.262 e. The third-order valence-electron chi connectivity index (χ3n) is 7.36. The first-order valence-electron chi connectivity index (χ1n) is 11.4. The standard InChI is InChI=1S/C26H30N2O3/c1-17(29)27-22-4-6-23(7-5-22)28-25(30)16-31-24-8-2-21(3-9-24)26-13-18-10-19(14-26)12-20(11-18)15-26/h2-9,18-20H,10-16H2,1H3,(H,27,29)(H,28,30). The number of nitrogens with one attached hydrogen (secondary N) is 2. The second-order valence-electron chi connectivity index (χ2n) is 9.82. The van der Waals surface area contributed by atoms with Crippen LogP contribution in [0.15, 0.2) is 48.5 Å². The van der Waals surface area contributed by atoms with Crippen molar-refractivity contribution < 1.29 is 14.3 Å². The van der Waals surface area contributed by atoms with Crippen molar-refractivity contribution in [2.45, 2.75) is 50.9 Å². The van der Waals surface area contributed by atoms with E-state index in [-0.39, 0.29) is 18.4 Å². The Morgan fingerprint density at radius 2 is 1.35 bits per heavy atom.